The van der Waals surface area contributed by atoms with Gasteiger partial charge in [-0.3, -0.25) is 4.79 Å². The van der Waals surface area contributed by atoms with Crippen LogP contribution in [-0.4, -0.2) is 68.0 Å². The van der Waals surface area contributed by atoms with Gasteiger partial charge in [0.25, 0.3) is 10.0 Å². The Hall–Kier alpha value is -4.56. The van der Waals surface area contributed by atoms with Crippen molar-refractivity contribution in [3.05, 3.63) is 84.1 Å². The molecule has 0 saturated carbocycles. The number of nitrogens with zero attached hydrogens (tertiary/aromatic N) is 4. The smallest absolute Gasteiger partial charge is 0.333 e. The molecule has 23 heteroatoms. The predicted molar refractivity (Wildman–Crippen MR) is 281 cm³/mol. The first-order chi connectivity index (χ1) is 33.2. The minimum Gasteiger partial charge on any atom is -0.411 e. The zero-order valence-corrected chi connectivity index (χ0v) is 48.9. The third-order valence-electron chi connectivity index (χ3n) is 12.0. The van der Waals surface area contributed by atoms with Crippen molar-refractivity contribution in [3.63, 3.8) is 0 Å². The van der Waals surface area contributed by atoms with Crippen molar-refractivity contribution in [1.29, 1.82) is 10.5 Å². The normalized spacial score (nSPS) is 12.8. The van der Waals surface area contributed by atoms with E-state index in [4.69, 9.17) is 4.43 Å². The maximum atomic E-state index is 15.2. The Morgan fingerprint density at radius 1 is 0.753 bits per heavy atom. The van der Waals surface area contributed by atoms with E-state index in [2.05, 4.69) is 36.1 Å². The van der Waals surface area contributed by atoms with E-state index in [1.165, 1.54) is 39.8 Å². The maximum absolute atomic E-state index is 15.2. The number of amides is 2. The van der Waals surface area contributed by atoms with Gasteiger partial charge in [-0.25, -0.2) is 45.1 Å². The van der Waals surface area contributed by atoms with Gasteiger partial charge < -0.3 is 25.1 Å². The summed E-state index contributed by atoms with van der Waals surface area (Å²) in [6.07, 6.45) is -0.311. The summed E-state index contributed by atoms with van der Waals surface area (Å²) < 4.78 is 90.8. The molecule has 0 spiro atoms. The van der Waals surface area contributed by atoms with E-state index in [0.717, 1.165) is 11.3 Å². The van der Waals surface area contributed by atoms with Gasteiger partial charge in [0, 0.05) is 12.0 Å². The lowest BCUT2D eigenvalue weighted by Crippen LogP contribution is -2.40. The maximum Gasteiger partial charge on any atom is 0.333 e. The molecule has 4 aromatic rings. The molecule has 402 valence electrons. The molecule has 2 amide bonds. The van der Waals surface area contributed by atoms with Crippen LogP contribution in [0.2, 0.25) is 18.1 Å². The number of hydrogen-bond donors (Lipinski definition) is 5. The number of ketones is 1. The van der Waals surface area contributed by atoms with Crippen LogP contribution in [0.25, 0.3) is 0 Å². The van der Waals surface area contributed by atoms with Crippen LogP contribution in [0, 0.1) is 34.3 Å². The van der Waals surface area contributed by atoms with E-state index in [1.807, 2.05) is 57.6 Å². The third kappa shape index (κ3) is 15.1. The fourth-order valence-electron chi connectivity index (χ4n) is 7.20. The highest BCUT2D eigenvalue weighted by Gasteiger charge is 2.39. The minimum atomic E-state index is -4.47. The van der Waals surface area contributed by atoms with E-state index in [0.29, 0.717) is 28.0 Å². The summed E-state index contributed by atoms with van der Waals surface area (Å²) in [5.41, 5.74) is -1.14. The van der Waals surface area contributed by atoms with Gasteiger partial charge in [-0.05, 0) is 104 Å². The topological polar surface area (TPSA) is 270 Å². The second-order valence-electron chi connectivity index (χ2n) is 21.5. The summed E-state index contributed by atoms with van der Waals surface area (Å²) in [5, 5.41) is 51.6. The number of rotatable bonds is 18. The molecule has 0 saturated heterocycles. The van der Waals surface area contributed by atoms with Crippen molar-refractivity contribution < 1.29 is 55.0 Å². The minimum absolute atomic E-state index is 0.0856. The van der Waals surface area contributed by atoms with Crippen molar-refractivity contribution in [2.75, 3.05) is 11.1 Å². The zero-order chi connectivity index (χ0) is 56.3. The first-order valence-corrected chi connectivity index (χ1v) is 31.1. The Labute approximate surface area is 438 Å². The average molecular weight is 1110 g/mol. The van der Waals surface area contributed by atoms with Crippen LogP contribution in [0.5, 0.6) is 0 Å². The number of urea groups is 1. The molecule has 0 atom stereocenters. The second-order valence-corrected chi connectivity index (χ2v) is 32.4. The van der Waals surface area contributed by atoms with Gasteiger partial charge in [0.15, 0.2) is 28.1 Å². The number of Topliss-reactive ketones (excluding diaryl/α,β-unsaturated/α-hetero) is 1. The Bertz CT molecular complexity index is 3020. The molecule has 2 aromatic heterocycles. The van der Waals surface area contributed by atoms with Crippen LogP contribution in [0.1, 0.15) is 188 Å². The van der Waals surface area contributed by atoms with E-state index < -0.39 is 81.1 Å². The first-order valence-electron chi connectivity index (χ1n) is 23.5. The zero-order valence-electron chi connectivity index (χ0n) is 44.7. The fourth-order valence-corrected chi connectivity index (χ4v) is 13.4. The number of aliphatic hydroxyl groups is 3. The molecule has 0 radical (unpaired) electrons. The van der Waals surface area contributed by atoms with Crippen LogP contribution >= 0.6 is 22.7 Å². The Morgan fingerprint density at radius 2 is 1.21 bits per heavy atom. The monoisotopic (exact) mass is 1110 g/mol. The van der Waals surface area contributed by atoms with Crippen LogP contribution in [0.3, 0.4) is 0 Å². The van der Waals surface area contributed by atoms with E-state index in [9.17, 15) is 56.7 Å². The van der Waals surface area contributed by atoms with Crippen molar-refractivity contribution >= 4 is 68.4 Å². The molecule has 0 bridgehead atoms. The van der Waals surface area contributed by atoms with Gasteiger partial charge in [0.1, 0.15) is 55.0 Å². The predicted octanol–water partition coefficient (Wildman–Crippen LogP) is 10.4. The molecule has 0 unspecified atom stereocenters. The lowest BCUT2D eigenvalue weighted by molar-refractivity contribution is -0.116. The SMILES string of the molecule is CC(C)c1cc(C#N)c(F)c(C(C)C)c1CC(=O)CS(=O)(=O)c1sc(C(C)(C)O)nc1CO.CC(C)c1cc(C#N)c(F)c(C(C)C)c1NC(=O)NS(=O)(=O)c1sc(C(C)(C)O)nc1CO[Si](C)(C)C(C)(C)C. The highest BCUT2D eigenvalue weighted by atomic mass is 32.2. The van der Waals surface area contributed by atoms with Gasteiger partial charge in [-0.15, -0.1) is 22.7 Å². The number of aliphatic hydroxyl groups excluding tert-OH is 1. The summed E-state index contributed by atoms with van der Waals surface area (Å²) >= 11 is 1.46. The molecular formula is C50H70F2N6O10S4Si. The largest absolute Gasteiger partial charge is 0.411 e. The molecule has 0 aliphatic heterocycles. The van der Waals surface area contributed by atoms with Gasteiger partial charge in [-0.2, -0.15) is 10.5 Å². The van der Waals surface area contributed by atoms with Crippen molar-refractivity contribution in [1.82, 2.24) is 14.7 Å². The van der Waals surface area contributed by atoms with Crippen molar-refractivity contribution in [2.45, 2.75) is 185 Å². The Morgan fingerprint density at radius 3 is 1.63 bits per heavy atom. The summed E-state index contributed by atoms with van der Waals surface area (Å²) in [4.78, 5) is 34.4. The summed E-state index contributed by atoms with van der Waals surface area (Å²) in [7, 11) is -10.9. The second kappa shape index (κ2) is 23.5. The van der Waals surface area contributed by atoms with Crippen molar-refractivity contribution in [2.24, 2.45) is 0 Å². The third-order valence-corrected chi connectivity index (χ3v) is 23.5. The van der Waals surface area contributed by atoms with Gasteiger partial charge in [0.05, 0.1) is 41.4 Å². The molecule has 2 heterocycles. The number of carbonyl (C=O) groups is 2. The number of carbonyl (C=O) groups excluding carboxylic acids is 2. The number of nitriles is 2. The molecule has 0 fully saturated rings. The highest BCUT2D eigenvalue weighted by Crippen LogP contribution is 2.40. The molecule has 73 heavy (non-hydrogen) atoms. The molecule has 0 aliphatic carbocycles. The summed E-state index contributed by atoms with van der Waals surface area (Å²) in [6, 6.07) is 5.39. The highest BCUT2D eigenvalue weighted by molar-refractivity contribution is 7.94. The number of sulfonamides is 1. The van der Waals surface area contributed by atoms with Gasteiger partial charge in [-0.1, -0.05) is 76.2 Å². The van der Waals surface area contributed by atoms with E-state index in [1.54, 1.807) is 27.7 Å². The fraction of sp³-hybridized carbons (Fsp3) is 0.560. The average Bonchev–Trinajstić information content (AvgIpc) is 3.89. The molecule has 16 nitrogen and oxygen atoms in total. The summed E-state index contributed by atoms with van der Waals surface area (Å²) in [6.45, 7) is 29.5. The van der Waals surface area contributed by atoms with Crippen LogP contribution in [0.15, 0.2) is 20.6 Å². The Kier molecular flexibility index (Phi) is 20.2. The molecule has 4 rings (SSSR count). The number of halogens is 2. The number of nitrogens with one attached hydrogen (secondary N) is 2. The molecule has 2 aromatic carbocycles. The lowest BCUT2D eigenvalue weighted by Gasteiger charge is -2.36. The van der Waals surface area contributed by atoms with Crippen LogP contribution in [-0.2, 0) is 59.9 Å². The standard InChI is InChI=1S/C27H41FN4O5S2Si.C23H29FN2O5S2/c1-15(2)18-12-17(13-29)21(28)20(16(3)4)22(18)31-25(33)32-39(35,36)23-19(30-24(38-23)27(8,9)34)14-37-40(10,11)26(5,6)7;1-12(2)16-7-14(9-25)20(24)19(13(3)4)17(16)8-15(28)11-33(30,31)21-18(10-27)26-22(32-21)23(5,6)29/h12,15-16,34H,14H2,1-11H3,(H2,31,32,33);7,12-13,27,29H,8,10-11H2,1-6H3. The number of aromatic nitrogens is 2. The van der Waals surface area contributed by atoms with Crippen LogP contribution < -0.4 is 10.0 Å². The number of anilines is 1. The van der Waals surface area contributed by atoms with Crippen LogP contribution in [0.4, 0.5) is 19.3 Å². The van der Waals surface area contributed by atoms with Crippen molar-refractivity contribution in [3.8, 4) is 12.1 Å². The van der Waals surface area contributed by atoms with E-state index >= 15 is 4.39 Å². The first kappa shape index (κ1) is 62.7. The number of thiazole rings is 2. The number of sulfone groups is 1. The van der Waals surface area contributed by atoms with Gasteiger partial charge >= 0.3 is 6.03 Å². The number of benzene rings is 2. The van der Waals surface area contributed by atoms with Gasteiger partial charge in [0.2, 0.25) is 0 Å². The number of hydrogen-bond acceptors (Lipinski definition) is 16. The quantitative estimate of drug-likeness (QED) is 0.0580. The molecule has 0 aliphatic rings. The lowest BCUT2D eigenvalue weighted by atomic mass is 9.84. The molecule has 5 N–H and O–H groups in total. The Balaban J connectivity index is 0.000000392. The summed E-state index contributed by atoms with van der Waals surface area (Å²) in [5.74, 6) is -4.02. The molecular weight excluding hydrogens is 1040 g/mol. The van der Waals surface area contributed by atoms with E-state index in [-0.39, 0.29) is 93.6 Å².